The molecule has 0 saturated heterocycles. The van der Waals surface area contributed by atoms with Crippen molar-refractivity contribution in [1.82, 2.24) is 0 Å². The third kappa shape index (κ3) is 4.44. The number of hydrogen-bond donors (Lipinski definition) is 2. The van der Waals surface area contributed by atoms with Crippen LogP contribution in [0.2, 0.25) is 0 Å². The van der Waals surface area contributed by atoms with Crippen molar-refractivity contribution >= 4 is 12.4 Å². The van der Waals surface area contributed by atoms with E-state index in [1.54, 1.807) is 0 Å². The molecule has 0 aromatic heterocycles. The van der Waals surface area contributed by atoms with E-state index >= 15 is 0 Å². The van der Waals surface area contributed by atoms with Crippen molar-refractivity contribution in [2.45, 2.75) is 25.1 Å². The van der Waals surface area contributed by atoms with Gasteiger partial charge in [0.2, 0.25) is 0 Å². The Balaban J connectivity index is 0.00000289. The van der Waals surface area contributed by atoms with Gasteiger partial charge in [0.25, 0.3) is 0 Å². The van der Waals surface area contributed by atoms with Gasteiger partial charge in [-0.3, -0.25) is 0 Å². The Morgan fingerprint density at radius 3 is 2.39 bits per heavy atom. The lowest BCUT2D eigenvalue weighted by Crippen LogP contribution is -2.15. The van der Waals surface area contributed by atoms with Crippen molar-refractivity contribution in [3.63, 3.8) is 0 Å². The minimum absolute atomic E-state index is 0. The molecule has 0 amide bonds. The number of alkyl halides is 3. The molecule has 1 aromatic rings. The van der Waals surface area contributed by atoms with Crippen LogP contribution in [0.25, 0.3) is 0 Å². The molecule has 1 aromatic carbocycles. The van der Waals surface area contributed by atoms with E-state index in [-0.39, 0.29) is 31.0 Å². The van der Waals surface area contributed by atoms with E-state index in [1.807, 2.05) is 0 Å². The van der Waals surface area contributed by atoms with Gasteiger partial charge in [0.15, 0.2) is 0 Å². The van der Waals surface area contributed by atoms with Crippen molar-refractivity contribution in [2.75, 3.05) is 6.61 Å². The first-order valence-corrected chi connectivity index (χ1v) is 5.09. The van der Waals surface area contributed by atoms with E-state index in [0.717, 1.165) is 12.1 Å². The summed E-state index contributed by atoms with van der Waals surface area (Å²) in [5.74, 6) is -0.761. The van der Waals surface area contributed by atoms with Crippen LogP contribution in [0.3, 0.4) is 0 Å². The molecule has 18 heavy (non-hydrogen) atoms. The van der Waals surface area contributed by atoms with Gasteiger partial charge in [-0.05, 0) is 31.0 Å². The van der Waals surface area contributed by atoms with Crippen LogP contribution in [0.4, 0.5) is 17.6 Å². The van der Waals surface area contributed by atoms with Crippen molar-refractivity contribution in [3.05, 3.63) is 35.1 Å². The highest BCUT2D eigenvalue weighted by atomic mass is 35.5. The van der Waals surface area contributed by atoms with E-state index in [2.05, 4.69) is 0 Å². The van der Waals surface area contributed by atoms with Crippen LogP contribution >= 0.6 is 12.4 Å². The summed E-state index contributed by atoms with van der Waals surface area (Å²) >= 11 is 0. The average Bonchev–Trinajstić information content (AvgIpc) is 2.24. The fraction of sp³-hybridized carbons (Fsp3) is 0.455. The van der Waals surface area contributed by atoms with Crippen molar-refractivity contribution in [3.8, 4) is 0 Å². The Labute approximate surface area is 108 Å². The molecular weight excluding hydrogens is 274 g/mol. The quantitative estimate of drug-likeness (QED) is 0.836. The van der Waals surface area contributed by atoms with Gasteiger partial charge in [-0.15, -0.1) is 12.4 Å². The molecule has 0 aliphatic heterocycles. The molecule has 0 saturated carbocycles. The summed E-state index contributed by atoms with van der Waals surface area (Å²) in [4.78, 5) is 0. The zero-order valence-corrected chi connectivity index (χ0v) is 10.2. The molecule has 0 unspecified atom stereocenters. The number of benzene rings is 1. The highest BCUT2D eigenvalue weighted by molar-refractivity contribution is 5.85. The van der Waals surface area contributed by atoms with E-state index in [9.17, 15) is 17.6 Å². The molecular formula is C11H14ClF4NO. The molecule has 3 N–H and O–H groups in total. The predicted octanol–water partition coefficient (Wildman–Crippen LogP) is 3.04. The highest BCUT2D eigenvalue weighted by Gasteiger charge is 2.31. The molecule has 1 atom stereocenters. The summed E-state index contributed by atoms with van der Waals surface area (Å²) in [6, 6.07) is 1.32. The predicted molar refractivity (Wildman–Crippen MR) is 61.9 cm³/mol. The minimum atomic E-state index is -4.51. The summed E-state index contributed by atoms with van der Waals surface area (Å²) < 4.78 is 50.6. The lowest BCUT2D eigenvalue weighted by Gasteiger charge is -2.15. The third-order valence-electron chi connectivity index (χ3n) is 2.40. The molecule has 0 spiro atoms. The zero-order valence-electron chi connectivity index (χ0n) is 9.38. The topological polar surface area (TPSA) is 46.2 Å². The molecule has 0 heterocycles. The second-order valence-corrected chi connectivity index (χ2v) is 3.71. The Hall–Kier alpha value is -0.850. The largest absolute Gasteiger partial charge is 0.416 e. The summed E-state index contributed by atoms with van der Waals surface area (Å²) in [6.07, 6.45) is -3.97. The number of nitrogens with two attached hydrogens (primary N) is 1. The Bertz CT molecular complexity index is 384. The molecule has 0 bridgehead atoms. The van der Waals surface area contributed by atoms with Crippen LogP contribution in [-0.2, 0) is 6.18 Å². The summed E-state index contributed by atoms with van der Waals surface area (Å²) in [6.45, 7) is -0.131. The van der Waals surface area contributed by atoms with Gasteiger partial charge in [0.05, 0.1) is 5.56 Å². The lowest BCUT2D eigenvalue weighted by molar-refractivity contribution is -0.137. The van der Waals surface area contributed by atoms with Crippen molar-refractivity contribution in [2.24, 2.45) is 5.73 Å². The standard InChI is InChI=1S/C11H13F4NO.ClH/c12-9-4-3-7(11(13,14)15)6-8(9)10(16)2-1-5-17;/h3-4,6,10,17H,1-2,5,16H2;1H/t10-;/m1./s1. The molecule has 2 nitrogen and oxygen atoms in total. The highest BCUT2D eigenvalue weighted by Crippen LogP contribution is 2.32. The maximum atomic E-state index is 13.3. The third-order valence-corrected chi connectivity index (χ3v) is 2.40. The summed E-state index contributed by atoms with van der Waals surface area (Å²) in [5.41, 5.74) is 4.48. The Morgan fingerprint density at radius 1 is 1.28 bits per heavy atom. The number of aliphatic hydroxyl groups is 1. The molecule has 7 heteroatoms. The van der Waals surface area contributed by atoms with Crippen LogP contribution in [0.15, 0.2) is 18.2 Å². The van der Waals surface area contributed by atoms with E-state index in [0.29, 0.717) is 12.5 Å². The number of rotatable bonds is 4. The summed E-state index contributed by atoms with van der Waals surface area (Å²) in [5, 5.41) is 8.59. The van der Waals surface area contributed by atoms with Gasteiger partial charge in [0, 0.05) is 18.2 Å². The van der Waals surface area contributed by atoms with Crippen LogP contribution < -0.4 is 5.73 Å². The van der Waals surface area contributed by atoms with E-state index < -0.39 is 23.6 Å². The van der Waals surface area contributed by atoms with Gasteiger partial charge >= 0.3 is 6.18 Å². The lowest BCUT2D eigenvalue weighted by atomic mass is 10.00. The molecule has 1 rings (SSSR count). The van der Waals surface area contributed by atoms with Gasteiger partial charge in [-0.25, -0.2) is 4.39 Å². The normalized spacial score (nSPS) is 13.0. The average molecular weight is 288 g/mol. The van der Waals surface area contributed by atoms with Crippen LogP contribution in [0.1, 0.15) is 30.0 Å². The SMILES string of the molecule is Cl.N[C@H](CCCO)c1cc(C(F)(F)F)ccc1F. The van der Waals surface area contributed by atoms with E-state index in [4.69, 9.17) is 10.8 Å². The second kappa shape index (κ2) is 6.92. The van der Waals surface area contributed by atoms with Crippen LogP contribution in [-0.4, -0.2) is 11.7 Å². The molecule has 0 fully saturated rings. The first-order valence-electron chi connectivity index (χ1n) is 5.09. The molecule has 104 valence electrons. The number of aliphatic hydroxyl groups excluding tert-OH is 1. The zero-order chi connectivity index (χ0) is 13.1. The Kier molecular flexibility index (Phi) is 6.59. The molecule has 0 radical (unpaired) electrons. The van der Waals surface area contributed by atoms with Gasteiger partial charge in [-0.2, -0.15) is 13.2 Å². The van der Waals surface area contributed by atoms with Gasteiger partial charge in [-0.1, -0.05) is 0 Å². The number of hydrogen-bond acceptors (Lipinski definition) is 2. The van der Waals surface area contributed by atoms with Crippen LogP contribution in [0, 0.1) is 5.82 Å². The van der Waals surface area contributed by atoms with Crippen molar-refractivity contribution < 1.29 is 22.7 Å². The maximum Gasteiger partial charge on any atom is 0.416 e. The van der Waals surface area contributed by atoms with E-state index in [1.165, 1.54) is 0 Å². The van der Waals surface area contributed by atoms with Gasteiger partial charge in [0.1, 0.15) is 5.82 Å². The van der Waals surface area contributed by atoms with Crippen molar-refractivity contribution in [1.29, 1.82) is 0 Å². The fourth-order valence-corrected chi connectivity index (χ4v) is 1.47. The second-order valence-electron chi connectivity index (χ2n) is 3.71. The smallest absolute Gasteiger partial charge is 0.396 e. The first-order chi connectivity index (χ1) is 7.86. The molecule has 0 aliphatic rings. The summed E-state index contributed by atoms with van der Waals surface area (Å²) in [7, 11) is 0. The minimum Gasteiger partial charge on any atom is -0.396 e. The van der Waals surface area contributed by atoms with Gasteiger partial charge < -0.3 is 10.8 Å². The molecule has 0 aliphatic carbocycles. The monoisotopic (exact) mass is 287 g/mol. The van der Waals surface area contributed by atoms with Crippen LogP contribution in [0.5, 0.6) is 0 Å². The maximum absolute atomic E-state index is 13.3. The first kappa shape index (κ1) is 17.2. The fourth-order valence-electron chi connectivity index (χ4n) is 1.47. The Morgan fingerprint density at radius 2 is 1.89 bits per heavy atom. The number of halogens is 5.